The Hall–Kier alpha value is -2.18. The maximum atomic E-state index is 12.8. The van der Waals surface area contributed by atoms with E-state index < -0.39 is 0 Å². The third-order valence-corrected chi connectivity index (χ3v) is 6.84. The molecule has 2 aliphatic heterocycles. The lowest BCUT2D eigenvalue weighted by Crippen LogP contribution is -2.54. The molecule has 2 fully saturated rings. The molecule has 33 heavy (non-hydrogen) atoms. The predicted molar refractivity (Wildman–Crippen MR) is 138 cm³/mol. The van der Waals surface area contributed by atoms with Crippen LogP contribution in [-0.2, 0) is 0 Å². The maximum Gasteiger partial charge on any atom is 0.141 e. The Balaban J connectivity index is 0.000000186. The van der Waals surface area contributed by atoms with E-state index in [0.29, 0.717) is 24.2 Å². The average Bonchev–Trinajstić information content (AvgIpc) is 2.80. The van der Waals surface area contributed by atoms with Gasteiger partial charge in [0.2, 0.25) is 0 Å². The van der Waals surface area contributed by atoms with Gasteiger partial charge in [0.15, 0.2) is 0 Å². The Morgan fingerprint density at radius 2 is 1.30 bits per heavy atom. The molecule has 0 amide bonds. The highest BCUT2D eigenvalue weighted by atomic mass is 19.1. The Morgan fingerprint density at radius 3 is 1.79 bits per heavy atom. The van der Waals surface area contributed by atoms with Gasteiger partial charge in [-0.2, -0.15) is 0 Å². The standard InChI is InChI=1S/C14H22N2.C13H20FN3/c1-12(2)16-10-9-15(11-13(16)3)14-7-5-4-6-8-14;1-10(2)17-7-6-16(9-11(17)3)13-5-4-12(14)8-15-13/h4-8,12-13H,9-11H2,1-3H3;4-5,8,10-11H,6-7,9H2,1-3H3/t13-;11-/m01/s1. The van der Waals surface area contributed by atoms with Crippen molar-refractivity contribution in [3.63, 3.8) is 0 Å². The minimum absolute atomic E-state index is 0.275. The molecule has 2 aliphatic rings. The van der Waals surface area contributed by atoms with Crippen LogP contribution >= 0.6 is 0 Å². The lowest BCUT2D eigenvalue weighted by atomic mass is 10.1. The zero-order valence-corrected chi connectivity index (χ0v) is 21.3. The quantitative estimate of drug-likeness (QED) is 0.663. The van der Waals surface area contributed by atoms with Crippen molar-refractivity contribution >= 4 is 11.5 Å². The Labute approximate surface area is 200 Å². The van der Waals surface area contributed by atoms with Gasteiger partial charge < -0.3 is 9.80 Å². The summed E-state index contributed by atoms with van der Waals surface area (Å²) in [4.78, 5) is 13.9. The SMILES string of the molecule is CC(C)N1CCN(c2ccc(F)cn2)C[C@H]1C.CC(C)N1CCN(c2ccccc2)C[C@@H]1C. The van der Waals surface area contributed by atoms with Gasteiger partial charge in [-0.3, -0.25) is 9.80 Å². The van der Waals surface area contributed by atoms with E-state index in [1.807, 2.05) is 0 Å². The third-order valence-electron chi connectivity index (χ3n) is 6.84. The van der Waals surface area contributed by atoms with Crippen LogP contribution in [0.1, 0.15) is 41.5 Å². The van der Waals surface area contributed by atoms with E-state index >= 15 is 0 Å². The number of pyridine rings is 1. The average molecular weight is 456 g/mol. The summed E-state index contributed by atoms with van der Waals surface area (Å²) in [5.41, 5.74) is 1.36. The molecule has 0 N–H and O–H groups in total. The van der Waals surface area contributed by atoms with Gasteiger partial charge in [0.1, 0.15) is 11.6 Å². The molecule has 5 nitrogen and oxygen atoms in total. The Kier molecular flexibility index (Phi) is 9.10. The highest BCUT2D eigenvalue weighted by molar-refractivity contribution is 5.46. The first-order chi connectivity index (χ1) is 15.8. The number of nitrogens with zero attached hydrogens (tertiary/aromatic N) is 5. The second-order valence-corrected chi connectivity index (χ2v) is 9.92. The van der Waals surface area contributed by atoms with Gasteiger partial charge in [-0.25, -0.2) is 9.37 Å². The van der Waals surface area contributed by atoms with Crippen LogP contribution in [0.3, 0.4) is 0 Å². The van der Waals surface area contributed by atoms with E-state index in [0.717, 1.165) is 38.5 Å². The lowest BCUT2D eigenvalue weighted by molar-refractivity contribution is 0.148. The molecule has 2 atom stereocenters. The minimum atomic E-state index is -0.275. The second kappa shape index (κ2) is 11.8. The molecule has 0 spiro atoms. The molecule has 2 aromatic rings. The number of rotatable bonds is 4. The van der Waals surface area contributed by atoms with Crippen molar-refractivity contribution < 1.29 is 4.39 Å². The molecule has 0 unspecified atom stereocenters. The highest BCUT2D eigenvalue weighted by Gasteiger charge is 2.26. The van der Waals surface area contributed by atoms with E-state index in [4.69, 9.17) is 0 Å². The predicted octanol–water partition coefficient (Wildman–Crippen LogP) is 4.75. The second-order valence-electron chi connectivity index (χ2n) is 9.92. The molecule has 0 saturated carbocycles. The van der Waals surface area contributed by atoms with Gasteiger partial charge in [-0.05, 0) is 65.8 Å². The van der Waals surface area contributed by atoms with Crippen LogP contribution < -0.4 is 9.80 Å². The largest absolute Gasteiger partial charge is 0.369 e. The van der Waals surface area contributed by atoms with Crippen molar-refractivity contribution in [1.29, 1.82) is 0 Å². The third kappa shape index (κ3) is 6.90. The van der Waals surface area contributed by atoms with Crippen LogP contribution in [-0.4, -0.2) is 78.2 Å². The molecular weight excluding hydrogens is 413 g/mol. The summed E-state index contributed by atoms with van der Waals surface area (Å²) in [6, 6.07) is 16.4. The number of aromatic nitrogens is 1. The number of hydrogen-bond acceptors (Lipinski definition) is 5. The number of piperazine rings is 2. The smallest absolute Gasteiger partial charge is 0.141 e. The first-order valence-corrected chi connectivity index (χ1v) is 12.4. The van der Waals surface area contributed by atoms with Crippen molar-refractivity contribution in [3.05, 3.63) is 54.5 Å². The van der Waals surface area contributed by atoms with Gasteiger partial charge >= 0.3 is 0 Å². The molecule has 4 rings (SSSR count). The van der Waals surface area contributed by atoms with Crippen LogP contribution in [0.5, 0.6) is 0 Å². The van der Waals surface area contributed by atoms with Gasteiger partial charge in [0.05, 0.1) is 6.20 Å². The van der Waals surface area contributed by atoms with E-state index in [-0.39, 0.29) is 5.82 Å². The van der Waals surface area contributed by atoms with Gasteiger partial charge in [0.25, 0.3) is 0 Å². The van der Waals surface area contributed by atoms with E-state index in [2.05, 4.69) is 96.5 Å². The van der Waals surface area contributed by atoms with Crippen LogP contribution in [0, 0.1) is 5.82 Å². The molecule has 3 heterocycles. The Bertz CT molecular complexity index is 826. The van der Waals surface area contributed by atoms with Crippen LogP contribution in [0.2, 0.25) is 0 Å². The molecule has 182 valence electrons. The van der Waals surface area contributed by atoms with Crippen LogP contribution in [0.15, 0.2) is 48.7 Å². The first-order valence-electron chi connectivity index (χ1n) is 12.4. The molecule has 0 bridgehead atoms. The summed E-state index contributed by atoms with van der Waals surface area (Å²) < 4.78 is 12.8. The molecule has 1 aromatic heterocycles. The summed E-state index contributed by atoms with van der Waals surface area (Å²) >= 11 is 0. The number of para-hydroxylation sites is 1. The van der Waals surface area contributed by atoms with Crippen LogP contribution in [0.4, 0.5) is 15.9 Å². The maximum absolute atomic E-state index is 12.8. The normalized spacial score (nSPS) is 22.5. The molecule has 6 heteroatoms. The fraction of sp³-hybridized carbons (Fsp3) is 0.593. The van der Waals surface area contributed by atoms with Crippen molar-refractivity contribution in [3.8, 4) is 0 Å². The molecule has 2 saturated heterocycles. The van der Waals surface area contributed by atoms with Crippen LogP contribution in [0.25, 0.3) is 0 Å². The van der Waals surface area contributed by atoms with Gasteiger partial charge in [0, 0.05) is 69.1 Å². The van der Waals surface area contributed by atoms with Crippen molar-refractivity contribution in [2.24, 2.45) is 0 Å². The number of halogens is 1. The zero-order valence-electron chi connectivity index (χ0n) is 21.3. The topological polar surface area (TPSA) is 25.9 Å². The zero-order chi connectivity index (χ0) is 24.0. The minimum Gasteiger partial charge on any atom is -0.369 e. The van der Waals surface area contributed by atoms with E-state index in [1.54, 1.807) is 6.07 Å². The van der Waals surface area contributed by atoms with E-state index in [9.17, 15) is 4.39 Å². The fourth-order valence-corrected chi connectivity index (χ4v) is 5.11. The first kappa shape index (κ1) is 25.4. The highest BCUT2D eigenvalue weighted by Crippen LogP contribution is 2.20. The number of benzene rings is 1. The van der Waals surface area contributed by atoms with E-state index in [1.165, 1.54) is 24.5 Å². The van der Waals surface area contributed by atoms with Gasteiger partial charge in [-0.1, -0.05) is 18.2 Å². The number of hydrogen-bond donors (Lipinski definition) is 0. The van der Waals surface area contributed by atoms with Gasteiger partial charge in [-0.15, -0.1) is 0 Å². The summed E-state index contributed by atoms with van der Waals surface area (Å²) in [7, 11) is 0. The lowest BCUT2D eigenvalue weighted by Gasteiger charge is -2.43. The Morgan fingerprint density at radius 1 is 0.758 bits per heavy atom. The number of anilines is 2. The molecule has 1 aromatic carbocycles. The summed E-state index contributed by atoms with van der Waals surface area (Å²) in [5, 5.41) is 0. The van der Waals surface area contributed by atoms with Crippen molar-refractivity contribution in [1.82, 2.24) is 14.8 Å². The molecular formula is C27H42FN5. The molecule has 0 radical (unpaired) electrons. The fourth-order valence-electron chi connectivity index (χ4n) is 5.11. The monoisotopic (exact) mass is 455 g/mol. The van der Waals surface area contributed by atoms with Crippen molar-refractivity contribution in [2.75, 3.05) is 49.1 Å². The van der Waals surface area contributed by atoms with Crippen molar-refractivity contribution in [2.45, 2.75) is 65.7 Å². The summed E-state index contributed by atoms with van der Waals surface area (Å²) in [6.07, 6.45) is 1.29. The summed E-state index contributed by atoms with van der Waals surface area (Å²) in [6.45, 7) is 20.0. The molecule has 0 aliphatic carbocycles. The summed E-state index contributed by atoms with van der Waals surface area (Å²) in [5.74, 6) is 0.601.